The van der Waals surface area contributed by atoms with E-state index in [9.17, 15) is 4.79 Å². The third-order valence-electron chi connectivity index (χ3n) is 1.48. The molecule has 1 aromatic heterocycles. The van der Waals surface area contributed by atoms with Gasteiger partial charge in [-0.15, -0.1) is 0 Å². The van der Waals surface area contributed by atoms with E-state index in [4.69, 9.17) is 0 Å². The number of aromatic amines is 1. The minimum Gasteiger partial charge on any atom is -0.329 e. The standard InChI is InChI=1S/C8H11IN2O/c1-11(2)5-6-7(9)3-4-10-8(6)12/h3-4H,5H2,1-2H3,(H,10,12). The van der Waals surface area contributed by atoms with Gasteiger partial charge in [0.2, 0.25) is 0 Å². The summed E-state index contributed by atoms with van der Waals surface area (Å²) in [6, 6.07) is 1.90. The number of rotatable bonds is 2. The van der Waals surface area contributed by atoms with Crippen LogP contribution >= 0.6 is 22.6 Å². The highest BCUT2D eigenvalue weighted by Gasteiger charge is 2.04. The average molecular weight is 278 g/mol. The van der Waals surface area contributed by atoms with Crippen LogP contribution in [0.3, 0.4) is 0 Å². The lowest BCUT2D eigenvalue weighted by Crippen LogP contribution is -2.21. The fourth-order valence-corrected chi connectivity index (χ4v) is 1.55. The smallest absolute Gasteiger partial charge is 0.253 e. The molecule has 0 unspecified atom stereocenters. The van der Waals surface area contributed by atoms with Crippen LogP contribution in [-0.2, 0) is 6.54 Å². The quantitative estimate of drug-likeness (QED) is 0.821. The zero-order chi connectivity index (χ0) is 9.14. The molecule has 0 aliphatic carbocycles. The maximum Gasteiger partial charge on any atom is 0.253 e. The molecule has 0 spiro atoms. The second-order valence-corrected chi connectivity index (χ2v) is 4.03. The molecule has 0 amide bonds. The van der Waals surface area contributed by atoms with Gasteiger partial charge in [-0.05, 0) is 42.8 Å². The number of aromatic nitrogens is 1. The topological polar surface area (TPSA) is 36.1 Å². The van der Waals surface area contributed by atoms with E-state index in [1.54, 1.807) is 6.20 Å². The number of hydrogen-bond donors (Lipinski definition) is 1. The molecule has 0 saturated carbocycles. The fourth-order valence-electron chi connectivity index (χ4n) is 0.950. The molecule has 0 saturated heterocycles. The number of pyridine rings is 1. The van der Waals surface area contributed by atoms with E-state index in [-0.39, 0.29) is 5.56 Å². The molecule has 1 N–H and O–H groups in total. The van der Waals surface area contributed by atoms with Gasteiger partial charge in [0.25, 0.3) is 5.56 Å². The molecule has 4 heteroatoms. The maximum atomic E-state index is 11.3. The van der Waals surface area contributed by atoms with E-state index in [0.29, 0.717) is 6.54 Å². The monoisotopic (exact) mass is 278 g/mol. The van der Waals surface area contributed by atoms with Crippen molar-refractivity contribution in [2.24, 2.45) is 0 Å². The first-order chi connectivity index (χ1) is 5.61. The van der Waals surface area contributed by atoms with Crippen LogP contribution < -0.4 is 5.56 Å². The highest BCUT2D eigenvalue weighted by atomic mass is 127. The molecule has 0 bridgehead atoms. The van der Waals surface area contributed by atoms with Gasteiger partial charge in [-0.2, -0.15) is 0 Å². The first-order valence-corrected chi connectivity index (χ1v) is 4.70. The molecule has 1 heterocycles. The van der Waals surface area contributed by atoms with E-state index >= 15 is 0 Å². The molecule has 0 aliphatic rings. The molecule has 66 valence electrons. The summed E-state index contributed by atoms with van der Waals surface area (Å²) in [5.41, 5.74) is 0.846. The average Bonchev–Trinajstić information content (AvgIpc) is 1.97. The lowest BCUT2D eigenvalue weighted by Gasteiger charge is -2.09. The lowest BCUT2D eigenvalue weighted by atomic mass is 10.3. The number of H-pyrrole nitrogens is 1. The van der Waals surface area contributed by atoms with Gasteiger partial charge in [0, 0.05) is 21.9 Å². The normalized spacial score (nSPS) is 10.7. The van der Waals surface area contributed by atoms with Crippen LogP contribution in [0.1, 0.15) is 5.56 Å². The van der Waals surface area contributed by atoms with E-state index in [1.807, 2.05) is 25.1 Å². The molecule has 12 heavy (non-hydrogen) atoms. The summed E-state index contributed by atoms with van der Waals surface area (Å²) in [5.74, 6) is 0. The van der Waals surface area contributed by atoms with Gasteiger partial charge in [-0.25, -0.2) is 0 Å². The molecular weight excluding hydrogens is 267 g/mol. The molecule has 0 aromatic carbocycles. The molecule has 3 nitrogen and oxygen atoms in total. The summed E-state index contributed by atoms with van der Waals surface area (Å²) in [5, 5.41) is 0. The Kier molecular flexibility index (Phi) is 3.28. The van der Waals surface area contributed by atoms with Crippen molar-refractivity contribution in [3.05, 3.63) is 31.8 Å². The van der Waals surface area contributed by atoms with Gasteiger partial charge < -0.3 is 9.88 Å². The van der Waals surface area contributed by atoms with Crippen LogP contribution in [0.5, 0.6) is 0 Å². The Labute approximate surface area is 84.9 Å². The summed E-state index contributed by atoms with van der Waals surface area (Å²) in [6.07, 6.45) is 1.67. The number of hydrogen-bond acceptors (Lipinski definition) is 2. The van der Waals surface area contributed by atoms with Crippen molar-refractivity contribution in [2.45, 2.75) is 6.54 Å². The Balaban J connectivity index is 3.05. The predicted octanol–water partition coefficient (Wildman–Crippen LogP) is 1.04. The highest BCUT2D eigenvalue weighted by molar-refractivity contribution is 14.1. The van der Waals surface area contributed by atoms with Gasteiger partial charge >= 0.3 is 0 Å². The van der Waals surface area contributed by atoms with Crippen molar-refractivity contribution in [1.29, 1.82) is 0 Å². The molecule has 0 radical (unpaired) electrons. The second-order valence-electron chi connectivity index (χ2n) is 2.87. The zero-order valence-corrected chi connectivity index (χ0v) is 9.25. The summed E-state index contributed by atoms with van der Waals surface area (Å²) in [4.78, 5) is 15.9. The van der Waals surface area contributed by atoms with Crippen molar-refractivity contribution in [3.63, 3.8) is 0 Å². The largest absolute Gasteiger partial charge is 0.329 e. The Morgan fingerprint density at radius 1 is 1.58 bits per heavy atom. The summed E-state index contributed by atoms with van der Waals surface area (Å²) in [6.45, 7) is 0.689. The molecule has 1 aromatic rings. The third kappa shape index (κ3) is 2.31. The van der Waals surface area contributed by atoms with Crippen LogP contribution in [0.15, 0.2) is 17.1 Å². The SMILES string of the molecule is CN(C)Cc1c(I)cc[nH]c1=O. The fraction of sp³-hybridized carbons (Fsp3) is 0.375. The molecular formula is C8H11IN2O. The Bertz CT molecular complexity index is 319. The summed E-state index contributed by atoms with van der Waals surface area (Å²) >= 11 is 2.17. The molecule has 0 fully saturated rings. The van der Waals surface area contributed by atoms with Crippen molar-refractivity contribution < 1.29 is 0 Å². The Hall–Kier alpha value is -0.360. The Morgan fingerprint density at radius 2 is 2.25 bits per heavy atom. The van der Waals surface area contributed by atoms with Gasteiger partial charge in [-0.3, -0.25) is 4.79 Å². The lowest BCUT2D eigenvalue weighted by molar-refractivity contribution is 0.399. The number of nitrogens with one attached hydrogen (secondary N) is 1. The minimum absolute atomic E-state index is 0.00981. The third-order valence-corrected chi connectivity index (χ3v) is 2.49. The van der Waals surface area contributed by atoms with Gasteiger partial charge in [0.05, 0.1) is 0 Å². The van der Waals surface area contributed by atoms with Crippen molar-refractivity contribution in [3.8, 4) is 0 Å². The van der Waals surface area contributed by atoms with E-state index < -0.39 is 0 Å². The number of halogens is 1. The maximum absolute atomic E-state index is 11.3. The van der Waals surface area contributed by atoms with Crippen molar-refractivity contribution in [2.75, 3.05) is 14.1 Å². The van der Waals surface area contributed by atoms with Gasteiger partial charge in [0.1, 0.15) is 0 Å². The van der Waals surface area contributed by atoms with Crippen LogP contribution in [-0.4, -0.2) is 24.0 Å². The van der Waals surface area contributed by atoms with E-state index in [1.165, 1.54) is 0 Å². The first-order valence-electron chi connectivity index (χ1n) is 3.62. The molecule has 0 atom stereocenters. The highest BCUT2D eigenvalue weighted by Crippen LogP contribution is 2.07. The van der Waals surface area contributed by atoms with Crippen LogP contribution in [0.4, 0.5) is 0 Å². The van der Waals surface area contributed by atoms with E-state index in [2.05, 4.69) is 27.6 Å². The van der Waals surface area contributed by atoms with E-state index in [0.717, 1.165) is 9.13 Å². The summed E-state index contributed by atoms with van der Waals surface area (Å²) < 4.78 is 1.02. The van der Waals surface area contributed by atoms with Gasteiger partial charge in [0.15, 0.2) is 0 Å². The zero-order valence-electron chi connectivity index (χ0n) is 7.10. The van der Waals surface area contributed by atoms with Crippen molar-refractivity contribution in [1.82, 2.24) is 9.88 Å². The first kappa shape index (κ1) is 9.73. The Morgan fingerprint density at radius 3 is 2.75 bits per heavy atom. The second kappa shape index (κ2) is 4.04. The minimum atomic E-state index is 0.00981. The molecule has 1 rings (SSSR count). The summed E-state index contributed by atoms with van der Waals surface area (Å²) in [7, 11) is 3.89. The number of nitrogens with zero attached hydrogens (tertiary/aromatic N) is 1. The van der Waals surface area contributed by atoms with Gasteiger partial charge in [-0.1, -0.05) is 0 Å². The van der Waals surface area contributed by atoms with Crippen LogP contribution in [0.25, 0.3) is 0 Å². The van der Waals surface area contributed by atoms with Crippen molar-refractivity contribution >= 4 is 22.6 Å². The predicted molar refractivity (Wildman–Crippen MR) is 57.2 cm³/mol. The van der Waals surface area contributed by atoms with Crippen LogP contribution in [0, 0.1) is 3.57 Å². The van der Waals surface area contributed by atoms with Crippen LogP contribution in [0.2, 0.25) is 0 Å². The molecule has 0 aliphatic heterocycles.